The van der Waals surface area contributed by atoms with Crippen molar-refractivity contribution in [1.82, 2.24) is 15.2 Å². The van der Waals surface area contributed by atoms with Crippen LogP contribution in [0.25, 0.3) is 0 Å². The molecule has 0 radical (unpaired) electrons. The van der Waals surface area contributed by atoms with Gasteiger partial charge in [0.15, 0.2) is 5.96 Å². The van der Waals surface area contributed by atoms with Crippen molar-refractivity contribution < 1.29 is 4.74 Å². The predicted molar refractivity (Wildman–Crippen MR) is 121 cm³/mol. The van der Waals surface area contributed by atoms with Crippen LogP contribution in [-0.2, 0) is 17.8 Å². The van der Waals surface area contributed by atoms with Crippen molar-refractivity contribution in [1.29, 1.82) is 0 Å². The summed E-state index contributed by atoms with van der Waals surface area (Å²) in [7, 11) is 1.71. The number of halogens is 1. The summed E-state index contributed by atoms with van der Waals surface area (Å²) >= 11 is 0. The zero-order valence-electron chi connectivity index (χ0n) is 16.0. The number of pyridine rings is 1. The van der Waals surface area contributed by atoms with Gasteiger partial charge < -0.3 is 19.9 Å². The minimum atomic E-state index is 0. The molecule has 0 aliphatic carbocycles. The molecule has 7 heteroatoms. The number of nitrogens with one attached hydrogen (secondary N) is 2. The van der Waals surface area contributed by atoms with Crippen molar-refractivity contribution in [3.05, 3.63) is 70.1 Å². The fourth-order valence-electron chi connectivity index (χ4n) is 2.47. The Balaban J connectivity index is 0.00000364. The molecule has 27 heavy (non-hydrogen) atoms. The quantitative estimate of drug-likeness (QED) is 0.249. The van der Waals surface area contributed by atoms with Gasteiger partial charge in [-0.05, 0) is 30.5 Å². The first-order valence-electron chi connectivity index (χ1n) is 8.97. The Labute approximate surface area is 178 Å². The molecule has 0 aliphatic heterocycles. The third kappa shape index (κ3) is 8.57. The van der Waals surface area contributed by atoms with Gasteiger partial charge in [-0.2, -0.15) is 0 Å². The van der Waals surface area contributed by atoms with Crippen LogP contribution in [0, 0.1) is 0 Å². The third-order valence-electron chi connectivity index (χ3n) is 3.86. The van der Waals surface area contributed by atoms with Crippen molar-refractivity contribution >= 4 is 29.9 Å². The average Bonchev–Trinajstić information content (AvgIpc) is 2.66. The van der Waals surface area contributed by atoms with E-state index in [4.69, 9.17) is 4.74 Å². The maximum Gasteiger partial charge on any atom is 0.250 e. The lowest BCUT2D eigenvalue weighted by Gasteiger charge is -2.11. The Morgan fingerprint density at radius 2 is 1.85 bits per heavy atom. The number of nitrogens with zero attached hydrogens (tertiary/aromatic N) is 2. The molecule has 0 spiro atoms. The molecule has 0 unspecified atom stereocenters. The van der Waals surface area contributed by atoms with Crippen LogP contribution in [0.1, 0.15) is 24.5 Å². The molecule has 1 aromatic carbocycles. The Morgan fingerprint density at radius 1 is 1.11 bits per heavy atom. The maximum atomic E-state index is 11.8. The lowest BCUT2D eigenvalue weighted by molar-refractivity contribution is 0.195. The van der Waals surface area contributed by atoms with Crippen LogP contribution in [-0.4, -0.2) is 37.3 Å². The zero-order valence-corrected chi connectivity index (χ0v) is 18.3. The highest BCUT2D eigenvalue weighted by Gasteiger charge is 2.00. The second-order valence-corrected chi connectivity index (χ2v) is 5.95. The van der Waals surface area contributed by atoms with Gasteiger partial charge in [-0.1, -0.05) is 30.3 Å². The van der Waals surface area contributed by atoms with Gasteiger partial charge in [0.1, 0.15) is 0 Å². The first kappa shape index (κ1) is 23.2. The topological polar surface area (TPSA) is 67.7 Å². The van der Waals surface area contributed by atoms with E-state index in [9.17, 15) is 4.79 Å². The number of aromatic nitrogens is 1. The van der Waals surface area contributed by atoms with Gasteiger partial charge in [0, 0.05) is 39.1 Å². The molecule has 0 amide bonds. The molecule has 148 valence electrons. The number of hydrogen-bond acceptors (Lipinski definition) is 3. The van der Waals surface area contributed by atoms with Crippen LogP contribution in [0.3, 0.4) is 0 Å². The molecular weight excluding hydrogens is 455 g/mol. The van der Waals surface area contributed by atoms with Gasteiger partial charge in [-0.15, -0.1) is 24.0 Å². The molecule has 0 saturated carbocycles. The number of rotatable bonds is 9. The second-order valence-electron chi connectivity index (χ2n) is 5.95. The SMILES string of the molecule is CCNC(=NCc1ccc(Cn2ccccc2=O)cc1)NCCCOC.I. The molecule has 6 nitrogen and oxygen atoms in total. The second kappa shape index (κ2) is 13.3. The fraction of sp³-hybridized carbons (Fsp3) is 0.400. The summed E-state index contributed by atoms with van der Waals surface area (Å²) in [5.41, 5.74) is 2.23. The molecule has 0 aliphatic rings. The van der Waals surface area contributed by atoms with E-state index in [1.54, 1.807) is 30.0 Å². The number of aliphatic imine (C=N–C) groups is 1. The minimum absolute atomic E-state index is 0. The zero-order chi connectivity index (χ0) is 18.6. The van der Waals surface area contributed by atoms with E-state index in [2.05, 4.69) is 27.8 Å². The van der Waals surface area contributed by atoms with E-state index in [-0.39, 0.29) is 29.5 Å². The number of ether oxygens (including phenoxy) is 1. The van der Waals surface area contributed by atoms with E-state index < -0.39 is 0 Å². The summed E-state index contributed by atoms with van der Waals surface area (Å²) in [5.74, 6) is 0.809. The largest absolute Gasteiger partial charge is 0.385 e. The molecule has 1 aromatic heterocycles. The normalized spacial score (nSPS) is 11.0. The summed E-state index contributed by atoms with van der Waals surface area (Å²) in [6, 6.07) is 13.4. The van der Waals surface area contributed by atoms with Crippen LogP contribution in [0.5, 0.6) is 0 Å². The highest BCUT2D eigenvalue weighted by molar-refractivity contribution is 14.0. The van der Waals surface area contributed by atoms with E-state index in [1.165, 1.54) is 0 Å². The Bertz CT molecular complexity index is 744. The molecule has 0 fully saturated rings. The van der Waals surface area contributed by atoms with Crippen LogP contribution in [0.15, 0.2) is 58.4 Å². The van der Waals surface area contributed by atoms with Crippen molar-refractivity contribution in [3.63, 3.8) is 0 Å². The Kier molecular flexibility index (Phi) is 11.4. The molecule has 2 rings (SSSR count). The van der Waals surface area contributed by atoms with Crippen LogP contribution in [0.2, 0.25) is 0 Å². The van der Waals surface area contributed by atoms with E-state index in [1.807, 2.05) is 25.1 Å². The van der Waals surface area contributed by atoms with Crippen molar-refractivity contribution in [3.8, 4) is 0 Å². The third-order valence-corrected chi connectivity index (χ3v) is 3.86. The van der Waals surface area contributed by atoms with Gasteiger partial charge in [-0.25, -0.2) is 4.99 Å². The first-order chi connectivity index (χ1) is 12.7. The average molecular weight is 484 g/mol. The summed E-state index contributed by atoms with van der Waals surface area (Å²) < 4.78 is 6.75. The number of guanidine groups is 1. The first-order valence-corrected chi connectivity index (χ1v) is 8.97. The number of hydrogen-bond donors (Lipinski definition) is 2. The lowest BCUT2D eigenvalue weighted by Crippen LogP contribution is -2.38. The Hall–Kier alpha value is -1.87. The minimum Gasteiger partial charge on any atom is -0.385 e. The summed E-state index contributed by atoms with van der Waals surface area (Å²) in [5, 5.41) is 6.54. The Morgan fingerprint density at radius 3 is 2.52 bits per heavy atom. The van der Waals surface area contributed by atoms with Gasteiger partial charge in [0.25, 0.3) is 5.56 Å². The van der Waals surface area contributed by atoms with E-state index >= 15 is 0 Å². The fourth-order valence-corrected chi connectivity index (χ4v) is 2.47. The van der Waals surface area contributed by atoms with Crippen LogP contribution < -0.4 is 16.2 Å². The molecule has 0 saturated heterocycles. The summed E-state index contributed by atoms with van der Waals surface area (Å²) in [4.78, 5) is 16.4. The highest BCUT2D eigenvalue weighted by atomic mass is 127. The standard InChI is InChI=1S/C20H28N4O2.HI/c1-3-21-20(22-12-6-14-26-2)23-15-17-8-10-18(11-9-17)16-24-13-5-4-7-19(24)25;/h4-5,7-11,13H,3,6,12,14-16H2,1-2H3,(H2,21,22,23);1H. The number of benzene rings is 1. The van der Waals surface area contributed by atoms with E-state index in [0.29, 0.717) is 13.1 Å². The maximum absolute atomic E-state index is 11.8. The monoisotopic (exact) mass is 484 g/mol. The van der Waals surface area contributed by atoms with Crippen molar-refractivity contribution in [2.24, 2.45) is 4.99 Å². The summed E-state index contributed by atoms with van der Waals surface area (Å²) in [6.45, 7) is 5.61. The highest BCUT2D eigenvalue weighted by Crippen LogP contribution is 2.07. The van der Waals surface area contributed by atoms with Gasteiger partial charge in [0.05, 0.1) is 13.1 Å². The summed E-state index contributed by atoms with van der Waals surface area (Å²) in [6.07, 6.45) is 2.74. The number of methoxy groups -OCH3 is 1. The van der Waals surface area contributed by atoms with Gasteiger partial charge in [-0.3, -0.25) is 4.79 Å². The lowest BCUT2D eigenvalue weighted by atomic mass is 10.1. The van der Waals surface area contributed by atoms with Gasteiger partial charge in [0.2, 0.25) is 0 Å². The molecular formula is C20H29IN4O2. The predicted octanol–water partition coefficient (Wildman–Crippen LogP) is 2.61. The molecule has 1 heterocycles. The smallest absolute Gasteiger partial charge is 0.250 e. The van der Waals surface area contributed by atoms with Crippen LogP contribution >= 0.6 is 24.0 Å². The molecule has 0 bridgehead atoms. The van der Waals surface area contributed by atoms with Crippen molar-refractivity contribution in [2.75, 3.05) is 26.8 Å². The van der Waals surface area contributed by atoms with Crippen molar-refractivity contribution in [2.45, 2.75) is 26.4 Å². The molecule has 0 atom stereocenters. The molecule has 2 N–H and O–H groups in total. The van der Waals surface area contributed by atoms with Gasteiger partial charge >= 0.3 is 0 Å². The van der Waals surface area contributed by atoms with E-state index in [0.717, 1.165) is 43.2 Å². The molecule has 2 aromatic rings. The van der Waals surface area contributed by atoms with Crippen LogP contribution in [0.4, 0.5) is 0 Å².